The highest BCUT2D eigenvalue weighted by molar-refractivity contribution is 5.81. The highest BCUT2D eigenvalue weighted by atomic mass is 16.5. The van der Waals surface area contributed by atoms with Crippen molar-refractivity contribution < 1.29 is 9.53 Å². The Bertz CT molecular complexity index is 252. The third-order valence-corrected chi connectivity index (χ3v) is 3.90. The number of rotatable bonds is 5. The van der Waals surface area contributed by atoms with Gasteiger partial charge in [0.15, 0.2) is 0 Å². The van der Waals surface area contributed by atoms with E-state index in [0.29, 0.717) is 6.42 Å². The lowest BCUT2D eigenvalue weighted by Gasteiger charge is -2.40. The normalized spacial score (nSPS) is 25.3. The Hall–Kier alpha value is -0.610. The van der Waals surface area contributed by atoms with Gasteiger partial charge in [0, 0.05) is 12.6 Å². The molecule has 0 aromatic rings. The standard InChI is InChI=1S/C13H26N2O2/c1-4-11(14)12(16)15-10-7-8-17-13(5-2,6-3)9-10/h10-11H,4-9,14H2,1-3H3,(H,15,16)/t10?,11-/m0/s1. The van der Waals surface area contributed by atoms with Crippen molar-refractivity contribution in [2.45, 2.75) is 70.6 Å². The van der Waals surface area contributed by atoms with Crippen LogP contribution in [0.4, 0.5) is 0 Å². The summed E-state index contributed by atoms with van der Waals surface area (Å²) < 4.78 is 5.88. The summed E-state index contributed by atoms with van der Waals surface area (Å²) >= 11 is 0. The molecule has 2 atom stereocenters. The van der Waals surface area contributed by atoms with Crippen LogP contribution in [0.1, 0.15) is 52.9 Å². The van der Waals surface area contributed by atoms with Crippen molar-refractivity contribution in [1.29, 1.82) is 0 Å². The first-order valence-corrected chi connectivity index (χ1v) is 6.76. The van der Waals surface area contributed by atoms with Gasteiger partial charge in [0.2, 0.25) is 5.91 Å². The smallest absolute Gasteiger partial charge is 0.237 e. The summed E-state index contributed by atoms with van der Waals surface area (Å²) in [5, 5.41) is 3.05. The maximum absolute atomic E-state index is 11.8. The van der Waals surface area contributed by atoms with Gasteiger partial charge in [-0.3, -0.25) is 4.79 Å². The summed E-state index contributed by atoms with van der Waals surface area (Å²) in [6.07, 6.45) is 4.47. The second kappa shape index (κ2) is 6.36. The Morgan fingerprint density at radius 3 is 2.65 bits per heavy atom. The fourth-order valence-corrected chi connectivity index (χ4v) is 2.39. The van der Waals surface area contributed by atoms with Crippen LogP contribution >= 0.6 is 0 Å². The molecule has 1 unspecified atom stereocenters. The molecule has 1 saturated heterocycles. The van der Waals surface area contributed by atoms with E-state index in [4.69, 9.17) is 10.5 Å². The topological polar surface area (TPSA) is 64.4 Å². The molecule has 0 spiro atoms. The summed E-state index contributed by atoms with van der Waals surface area (Å²) in [6.45, 7) is 6.95. The van der Waals surface area contributed by atoms with Crippen molar-refractivity contribution in [3.63, 3.8) is 0 Å². The second-order valence-electron chi connectivity index (χ2n) is 4.95. The van der Waals surface area contributed by atoms with E-state index in [2.05, 4.69) is 19.2 Å². The predicted molar refractivity (Wildman–Crippen MR) is 68.7 cm³/mol. The van der Waals surface area contributed by atoms with E-state index < -0.39 is 0 Å². The zero-order chi connectivity index (χ0) is 12.9. The van der Waals surface area contributed by atoms with Gasteiger partial charge in [0.25, 0.3) is 0 Å². The third kappa shape index (κ3) is 3.68. The van der Waals surface area contributed by atoms with Crippen LogP contribution in [-0.2, 0) is 9.53 Å². The summed E-state index contributed by atoms with van der Waals surface area (Å²) in [6, 6.07) is -0.163. The minimum atomic E-state index is -0.379. The van der Waals surface area contributed by atoms with Crippen LogP contribution < -0.4 is 11.1 Å². The number of nitrogens with one attached hydrogen (secondary N) is 1. The summed E-state index contributed by atoms with van der Waals surface area (Å²) in [5.74, 6) is -0.0273. The zero-order valence-electron chi connectivity index (χ0n) is 11.3. The lowest BCUT2D eigenvalue weighted by Crippen LogP contribution is -2.51. The second-order valence-corrected chi connectivity index (χ2v) is 4.95. The first kappa shape index (κ1) is 14.5. The number of carbonyl (C=O) groups is 1. The van der Waals surface area contributed by atoms with Gasteiger partial charge >= 0.3 is 0 Å². The van der Waals surface area contributed by atoms with Crippen LogP contribution in [0.3, 0.4) is 0 Å². The number of ether oxygens (including phenoxy) is 1. The van der Waals surface area contributed by atoms with Crippen LogP contribution in [0.25, 0.3) is 0 Å². The molecule has 0 saturated carbocycles. The molecular formula is C13H26N2O2. The number of hydrogen-bond acceptors (Lipinski definition) is 3. The molecule has 1 aliphatic rings. The van der Waals surface area contributed by atoms with E-state index >= 15 is 0 Å². The predicted octanol–water partition coefficient (Wildman–Crippen LogP) is 1.58. The molecule has 3 N–H and O–H groups in total. The van der Waals surface area contributed by atoms with E-state index in [1.807, 2.05) is 6.92 Å². The number of amides is 1. The quantitative estimate of drug-likeness (QED) is 0.769. The first-order chi connectivity index (χ1) is 8.06. The Kier molecular flexibility index (Phi) is 5.40. The van der Waals surface area contributed by atoms with Gasteiger partial charge in [0.05, 0.1) is 11.6 Å². The van der Waals surface area contributed by atoms with E-state index in [-0.39, 0.29) is 23.6 Å². The largest absolute Gasteiger partial charge is 0.375 e. The van der Waals surface area contributed by atoms with Gasteiger partial charge in [-0.1, -0.05) is 20.8 Å². The average molecular weight is 242 g/mol. The fourth-order valence-electron chi connectivity index (χ4n) is 2.39. The van der Waals surface area contributed by atoms with Crippen molar-refractivity contribution in [3.05, 3.63) is 0 Å². The molecule has 1 heterocycles. The first-order valence-electron chi connectivity index (χ1n) is 6.76. The van der Waals surface area contributed by atoms with Crippen molar-refractivity contribution in [2.75, 3.05) is 6.61 Å². The van der Waals surface area contributed by atoms with E-state index in [1.54, 1.807) is 0 Å². The number of hydrogen-bond donors (Lipinski definition) is 2. The van der Waals surface area contributed by atoms with Crippen molar-refractivity contribution >= 4 is 5.91 Å². The lowest BCUT2D eigenvalue weighted by atomic mass is 9.86. The average Bonchev–Trinajstić information content (AvgIpc) is 2.37. The molecule has 0 aliphatic carbocycles. The van der Waals surface area contributed by atoms with Crippen LogP contribution in [0, 0.1) is 0 Å². The molecule has 100 valence electrons. The maximum atomic E-state index is 11.8. The summed E-state index contributed by atoms with van der Waals surface area (Å²) in [7, 11) is 0. The Labute approximate surface area is 104 Å². The number of nitrogens with two attached hydrogens (primary N) is 1. The minimum absolute atomic E-state index is 0.0273. The molecule has 0 bridgehead atoms. The van der Waals surface area contributed by atoms with E-state index in [0.717, 1.165) is 32.3 Å². The van der Waals surface area contributed by atoms with Gasteiger partial charge in [0.1, 0.15) is 0 Å². The van der Waals surface area contributed by atoms with Crippen molar-refractivity contribution in [3.8, 4) is 0 Å². The molecule has 0 radical (unpaired) electrons. The van der Waals surface area contributed by atoms with Gasteiger partial charge < -0.3 is 15.8 Å². The molecule has 17 heavy (non-hydrogen) atoms. The fraction of sp³-hybridized carbons (Fsp3) is 0.923. The number of carbonyl (C=O) groups excluding carboxylic acids is 1. The van der Waals surface area contributed by atoms with Crippen LogP contribution in [0.5, 0.6) is 0 Å². The molecule has 0 aromatic carbocycles. The lowest BCUT2D eigenvalue weighted by molar-refractivity contribution is -0.127. The Morgan fingerprint density at radius 1 is 1.47 bits per heavy atom. The maximum Gasteiger partial charge on any atom is 0.237 e. The van der Waals surface area contributed by atoms with Gasteiger partial charge in [-0.05, 0) is 32.1 Å². The van der Waals surface area contributed by atoms with Crippen LogP contribution in [0.15, 0.2) is 0 Å². The summed E-state index contributed by atoms with van der Waals surface area (Å²) in [4.78, 5) is 11.8. The Morgan fingerprint density at radius 2 is 2.12 bits per heavy atom. The molecule has 0 aromatic heterocycles. The molecule has 4 nitrogen and oxygen atoms in total. The zero-order valence-corrected chi connectivity index (χ0v) is 11.3. The highest BCUT2D eigenvalue weighted by Crippen LogP contribution is 2.31. The summed E-state index contributed by atoms with van der Waals surface area (Å²) in [5.41, 5.74) is 5.67. The van der Waals surface area contributed by atoms with Gasteiger partial charge in [-0.2, -0.15) is 0 Å². The molecule has 1 amide bonds. The van der Waals surface area contributed by atoms with Crippen LogP contribution in [-0.4, -0.2) is 30.2 Å². The molecule has 4 heteroatoms. The SMILES string of the molecule is CC[C@H](N)C(=O)NC1CCOC(CC)(CC)C1. The van der Waals surface area contributed by atoms with Crippen LogP contribution in [0.2, 0.25) is 0 Å². The van der Waals surface area contributed by atoms with Gasteiger partial charge in [-0.25, -0.2) is 0 Å². The molecule has 1 rings (SSSR count). The Balaban J connectivity index is 2.52. The van der Waals surface area contributed by atoms with Crippen molar-refractivity contribution in [2.24, 2.45) is 5.73 Å². The monoisotopic (exact) mass is 242 g/mol. The minimum Gasteiger partial charge on any atom is -0.375 e. The molecule has 1 aliphatic heterocycles. The van der Waals surface area contributed by atoms with E-state index in [1.165, 1.54) is 0 Å². The third-order valence-electron chi connectivity index (χ3n) is 3.90. The highest BCUT2D eigenvalue weighted by Gasteiger charge is 2.35. The molecular weight excluding hydrogens is 216 g/mol. The van der Waals surface area contributed by atoms with Crippen molar-refractivity contribution in [1.82, 2.24) is 5.32 Å². The van der Waals surface area contributed by atoms with E-state index in [9.17, 15) is 4.79 Å². The van der Waals surface area contributed by atoms with Gasteiger partial charge in [-0.15, -0.1) is 0 Å². The molecule has 1 fully saturated rings.